The van der Waals surface area contributed by atoms with Crippen LogP contribution in [0.3, 0.4) is 0 Å². The Morgan fingerprint density at radius 3 is 2.44 bits per heavy atom. The smallest absolute Gasteiger partial charge is 0.312 e. The van der Waals surface area contributed by atoms with E-state index >= 15 is 0 Å². The van der Waals surface area contributed by atoms with E-state index in [2.05, 4.69) is 0 Å². The quantitative estimate of drug-likeness (QED) is 0.348. The Kier molecular flexibility index (Phi) is 7.55. The molecule has 0 aromatic heterocycles. The van der Waals surface area contributed by atoms with Crippen LogP contribution in [-0.2, 0) is 28.5 Å². The van der Waals surface area contributed by atoms with Gasteiger partial charge >= 0.3 is 5.97 Å². The molecule has 12 atom stereocenters. The molecular formula is C25H38O9. The Labute approximate surface area is 200 Å². The second kappa shape index (κ2) is 9.97. The van der Waals surface area contributed by atoms with Gasteiger partial charge in [-0.2, -0.15) is 0 Å². The number of hydrogen-bond acceptors (Lipinski definition) is 9. The third-order valence-corrected chi connectivity index (χ3v) is 8.30. The average Bonchev–Trinajstić information content (AvgIpc) is 3.00. The fraction of sp³-hybridized carbons (Fsp3) is 0.800. The SMILES string of the molecule is COC[C@H]1[C@@H](O)[C@@H]2O[C@@]34/C(C)=C/[C@@H](C)[C@@H]([C@@H](O)COC)OC(=O)[C@@H](COC)[C@H]3C=C[C@@H]2[C@H]4[C@@H]1O. The second-order valence-electron chi connectivity index (χ2n) is 10.2. The van der Waals surface area contributed by atoms with Crippen molar-refractivity contribution in [1.29, 1.82) is 0 Å². The van der Waals surface area contributed by atoms with Gasteiger partial charge in [0, 0.05) is 50.9 Å². The van der Waals surface area contributed by atoms with Crippen LogP contribution in [0.1, 0.15) is 13.8 Å². The molecule has 4 aliphatic rings. The van der Waals surface area contributed by atoms with Crippen molar-refractivity contribution in [1.82, 2.24) is 0 Å². The third-order valence-electron chi connectivity index (χ3n) is 8.30. The van der Waals surface area contributed by atoms with Gasteiger partial charge in [0.15, 0.2) is 0 Å². The zero-order valence-electron chi connectivity index (χ0n) is 20.5. The molecule has 4 rings (SSSR count). The predicted molar refractivity (Wildman–Crippen MR) is 121 cm³/mol. The Bertz CT molecular complexity index is 812. The summed E-state index contributed by atoms with van der Waals surface area (Å²) in [6.07, 6.45) is 1.68. The zero-order valence-corrected chi connectivity index (χ0v) is 20.5. The van der Waals surface area contributed by atoms with Crippen molar-refractivity contribution in [3.8, 4) is 0 Å². The van der Waals surface area contributed by atoms with E-state index < -0.39 is 59.8 Å². The van der Waals surface area contributed by atoms with Gasteiger partial charge in [-0.15, -0.1) is 0 Å². The van der Waals surface area contributed by atoms with E-state index in [1.54, 1.807) is 7.11 Å². The fourth-order valence-corrected chi connectivity index (χ4v) is 6.87. The molecule has 9 nitrogen and oxygen atoms in total. The Morgan fingerprint density at radius 2 is 1.79 bits per heavy atom. The minimum atomic E-state index is -1.04. The molecule has 2 aliphatic carbocycles. The fourth-order valence-electron chi connectivity index (χ4n) is 6.87. The number of cyclic esters (lactones) is 1. The molecule has 0 aromatic carbocycles. The lowest BCUT2D eigenvalue weighted by Crippen LogP contribution is -2.59. The standard InChI is InChI=1S/C25H38O9/c1-12-8-13(2)25-17(15(9-30-3)24(29)33-22(12)18(26)11-32-5)7-6-14-19(25)20(27)16(10-31-4)21(28)23(14)34-25/h6-8,12,14-23,26-28H,9-11H2,1-5H3/b13-8+/t12-,14-,15+,16-,17-,18+,19+,20-,21-,22+,23-,25+/m1/s1. The molecule has 3 N–H and O–H groups in total. The number of aliphatic hydroxyl groups is 3. The van der Waals surface area contributed by atoms with Gasteiger partial charge in [-0.25, -0.2) is 0 Å². The van der Waals surface area contributed by atoms with Gasteiger partial charge in [-0.05, 0) is 12.5 Å². The molecule has 0 aromatic rings. The van der Waals surface area contributed by atoms with Gasteiger partial charge in [0.1, 0.15) is 17.8 Å². The molecule has 1 saturated carbocycles. The normalized spacial score (nSPS) is 48.1. The van der Waals surface area contributed by atoms with Crippen LogP contribution in [0.15, 0.2) is 23.8 Å². The highest BCUT2D eigenvalue weighted by Crippen LogP contribution is 2.61. The van der Waals surface area contributed by atoms with Crippen molar-refractivity contribution >= 4 is 5.97 Å². The van der Waals surface area contributed by atoms with Gasteiger partial charge in [-0.3, -0.25) is 4.79 Å². The summed E-state index contributed by atoms with van der Waals surface area (Å²) in [5.74, 6) is -3.18. The molecule has 9 heteroatoms. The van der Waals surface area contributed by atoms with Crippen LogP contribution in [0, 0.1) is 35.5 Å². The van der Waals surface area contributed by atoms with Crippen molar-refractivity contribution in [3.05, 3.63) is 23.8 Å². The molecule has 1 spiro atoms. The average molecular weight is 483 g/mol. The van der Waals surface area contributed by atoms with Crippen molar-refractivity contribution in [2.24, 2.45) is 35.5 Å². The number of ether oxygens (including phenoxy) is 5. The highest BCUT2D eigenvalue weighted by molar-refractivity contribution is 5.74. The molecular weight excluding hydrogens is 444 g/mol. The number of carbonyl (C=O) groups is 1. The summed E-state index contributed by atoms with van der Waals surface area (Å²) in [6, 6.07) is 0. The molecule has 192 valence electrons. The minimum Gasteiger partial charge on any atom is -0.459 e. The van der Waals surface area contributed by atoms with E-state index in [4.69, 9.17) is 23.7 Å². The van der Waals surface area contributed by atoms with Gasteiger partial charge < -0.3 is 39.0 Å². The number of rotatable bonds is 7. The first kappa shape index (κ1) is 25.8. The summed E-state index contributed by atoms with van der Waals surface area (Å²) in [5.41, 5.74) is -0.199. The van der Waals surface area contributed by atoms with Crippen LogP contribution in [0.5, 0.6) is 0 Å². The maximum absolute atomic E-state index is 13.5. The molecule has 2 heterocycles. The van der Waals surface area contributed by atoms with Crippen LogP contribution < -0.4 is 0 Å². The number of esters is 1. The van der Waals surface area contributed by atoms with Crippen molar-refractivity contribution < 1.29 is 43.8 Å². The van der Waals surface area contributed by atoms with E-state index in [9.17, 15) is 20.1 Å². The molecule has 1 saturated heterocycles. The van der Waals surface area contributed by atoms with E-state index in [0.29, 0.717) is 0 Å². The van der Waals surface area contributed by atoms with Crippen LogP contribution in [-0.4, -0.2) is 98.6 Å². The lowest BCUT2D eigenvalue weighted by atomic mass is 9.56. The van der Waals surface area contributed by atoms with Crippen molar-refractivity contribution in [2.45, 2.75) is 50.0 Å². The summed E-state index contributed by atoms with van der Waals surface area (Å²) in [5, 5.41) is 33.3. The van der Waals surface area contributed by atoms with E-state index in [1.165, 1.54) is 14.2 Å². The van der Waals surface area contributed by atoms with E-state index in [1.807, 2.05) is 32.1 Å². The summed E-state index contributed by atoms with van der Waals surface area (Å²) < 4.78 is 28.5. The third kappa shape index (κ3) is 3.86. The molecule has 4 bridgehead atoms. The topological polar surface area (TPSA) is 124 Å². The Hall–Kier alpha value is -1.33. The molecule has 0 amide bonds. The highest BCUT2D eigenvalue weighted by Gasteiger charge is 2.70. The first-order valence-electron chi connectivity index (χ1n) is 12.0. The summed E-state index contributed by atoms with van der Waals surface area (Å²) in [4.78, 5) is 13.5. The number of aliphatic hydroxyl groups excluding tert-OH is 3. The Morgan fingerprint density at radius 1 is 1.09 bits per heavy atom. The van der Waals surface area contributed by atoms with Gasteiger partial charge in [0.05, 0.1) is 44.1 Å². The summed E-state index contributed by atoms with van der Waals surface area (Å²) in [7, 11) is 4.54. The second-order valence-corrected chi connectivity index (χ2v) is 10.2. The van der Waals surface area contributed by atoms with Crippen LogP contribution in [0.4, 0.5) is 0 Å². The highest BCUT2D eigenvalue weighted by atomic mass is 16.6. The first-order chi connectivity index (χ1) is 16.2. The largest absolute Gasteiger partial charge is 0.459 e. The molecule has 2 fully saturated rings. The molecule has 2 aliphatic heterocycles. The maximum atomic E-state index is 13.5. The number of carbonyl (C=O) groups excluding carboxylic acids is 1. The van der Waals surface area contributed by atoms with Crippen LogP contribution in [0.2, 0.25) is 0 Å². The van der Waals surface area contributed by atoms with E-state index in [-0.39, 0.29) is 37.6 Å². The maximum Gasteiger partial charge on any atom is 0.312 e. The van der Waals surface area contributed by atoms with E-state index in [0.717, 1.165) is 5.57 Å². The van der Waals surface area contributed by atoms with Crippen LogP contribution >= 0.6 is 0 Å². The van der Waals surface area contributed by atoms with Crippen LogP contribution in [0.25, 0.3) is 0 Å². The zero-order chi connectivity index (χ0) is 24.8. The summed E-state index contributed by atoms with van der Waals surface area (Å²) in [6.45, 7) is 4.11. The summed E-state index contributed by atoms with van der Waals surface area (Å²) >= 11 is 0. The predicted octanol–water partition coefficient (Wildman–Crippen LogP) is 0.318. The van der Waals surface area contributed by atoms with Gasteiger partial charge in [-0.1, -0.05) is 25.2 Å². The lowest BCUT2D eigenvalue weighted by molar-refractivity contribution is -0.173. The molecule has 0 radical (unpaired) electrons. The Balaban J connectivity index is 1.85. The first-order valence-corrected chi connectivity index (χ1v) is 12.0. The van der Waals surface area contributed by atoms with Crippen molar-refractivity contribution in [2.75, 3.05) is 41.2 Å². The van der Waals surface area contributed by atoms with Gasteiger partial charge in [0.2, 0.25) is 0 Å². The van der Waals surface area contributed by atoms with Crippen molar-refractivity contribution in [3.63, 3.8) is 0 Å². The molecule has 0 unspecified atom stereocenters. The number of hydrogen-bond donors (Lipinski definition) is 3. The lowest BCUT2D eigenvalue weighted by Gasteiger charge is -2.49. The molecule has 34 heavy (non-hydrogen) atoms. The number of methoxy groups -OCH3 is 3. The minimum absolute atomic E-state index is 0.0193. The van der Waals surface area contributed by atoms with Gasteiger partial charge in [0.25, 0.3) is 0 Å². The monoisotopic (exact) mass is 482 g/mol.